The number of nitrogens with one attached hydrogen (secondary N) is 2. The first kappa shape index (κ1) is 13.6. The summed E-state index contributed by atoms with van der Waals surface area (Å²) in [5, 5.41) is 6.16. The van der Waals surface area contributed by atoms with Crippen LogP contribution in [0.2, 0.25) is 0 Å². The van der Waals surface area contributed by atoms with E-state index in [1.54, 1.807) is 18.2 Å². The van der Waals surface area contributed by atoms with Crippen molar-refractivity contribution in [2.75, 3.05) is 5.32 Å². The highest BCUT2D eigenvalue weighted by molar-refractivity contribution is 5.94. The van der Waals surface area contributed by atoms with Gasteiger partial charge in [0.2, 0.25) is 0 Å². The first-order chi connectivity index (χ1) is 10.2. The van der Waals surface area contributed by atoms with Crippen molar-refractivity contribution in [3.63, 3.8) is 0 Å². The van der Waals surface area contributed by atoms with Crippen molar-refractivity contribution in [3.8, 4) is 0 Å². The van der Waals surface area contributed by atoms with E-state index in [9.17, 15) is 9.18 Å². The molecule has 0 radical (unpaired) electrons. The quantitative estimate of drug-likeness (QED) is 0.884. The fourth-order valence-electron chi connectivity index (χ4n) is 2.09. The zero-order chi connectivity index (χ0) is 14.7. The molecule has 21 heavy (non-hydrogen) atoms. The summed E-state index contributed by atoms with van der Waals surface area (Å²) >= 11 is 0. The monoisotopic (exact) mass is 284 g/mol. The van der Waals surface area contributed by atoms with Crippen LogP contribution in [0.3, 0.4) is 0 Å². The molecule has 4 heteroatoms. The molecule has 0 bridgehead atoms. The Kier molecular flexibility index (Phi) is 3.86. The number of carbonyl (C=O) groups is 1. The average molecular weight is 284 g/mol. The molecule has 0 saturated heterocycles. The minimum Gasteiger partial charge on any atom is -0.381 e. The Morgan fingerprint density at radius 3 is 2.57 bits per heavy atom. The molecule has 3 nitrogen and oxygen atoms in total. The highest BCUT2D eigenvalue weighted by atomic mass is 19.1. The lowest BCUT2D eigenvalue weighted by atomic mass is 10.1. The van der Waals surface area contributed by atoms with Crippen molar-refractivity contribution in [1.29, 1.82) is 0 Å². The zero-order valence-corrected chi connectivity index (χ0v) is 11.6. The third kappa shape index (κ3) is 3.81. The van der Waals surface area contributed by atoms with Gasteiger partial charge in [0.1, 0.15) is 5.82 Å². The van der Waals surface area contributed by atoms with E-state index in [2.05, 4.69) is 10.6 Å². The second-order valence-corrected chi connectivity index (χ2v) is 5.31. The van der Waals surface area contributed by atoms with Gasteiger partial charge in [-0.05, 0) is 54.8 Å². The molecule has 1 fully saturated rings. The second-order valence-electron chi connectivity index (χ2n) is 5.31. The van der Waals surface area contributed by atoms with Gasteiger partial charge in [-0.25, -0.2) is 4.39 Å². The predicted molar refractivity (Wildman–Crippen MR) is 80.7 cm³/mol. The van der Waals surface area contributed by atoms with Gasteiger partial charge < -0.3 is 10.6 Å². The van der Waals surface area contributed by atoms with Crippen LogP contribution in [0.1, 0.15) is 28.8 Å². The van der Waals surface area contributed by atoms with Crippen molar-refractivity contribution >= 4 is 11.6 Å². The molecule has 1 saturated carbocycles. The fraction of sp³-hybridized carbons (Fsp3) is 0.235. The Balaban J connectivity index is 1.57. The summed E-state index contributed by atoms with van der Waals surface area (Å²) in [6.45, 7) is 0.547. The lowest BCUT2D eigenvalue weighted by Gasteiger charge is -2.08. The van der Waals surface area contributed by atoms with E-state index in [1.807, 2.05) is 18.2 Å². The minimum absolute atomic E-state index is 0.0193. The van der Waals surface area contributed by atoms with Gasteiger partial charge in [-0.1, -0.05) is 12.1 Å². The summed E-state index contributed by atoms with van der Waals surface area (Å²) in [5.41, 5.74) is 2.45. The third-order valence-corrected chi connectivity index (χ3v) is 3.45. The van der Waals surface area contributed by atoms with Crippen molar-refractivity contribution < 1.29 is 9.18 Å². The molecule has 108 valence electrons. The van der Waals surface area contributed by atoms with E-state index in [4.69, 9.17) is 0 Å². The van der Waals surface area contributed by atoms with Gasteiger partial charge in [0.15, 0.2) is 0 Å². The molecular weight excluding hydrogens is 267 g/mol. The van der Waals surface area contributed by atoms with Gasteiger partial charge in [0.25, 0.3) is 5.91 Å². The average Bonchev–Trinajstić information content (AvgIpc) is 3.30. The molecule has 1 aliphatic carbocycles. The summed E-state index contributed by atoms with van der Waals surface area (Å²) in [6.07, 6.45) is 2.16. The smallest absolute Gasteiger partial charge is 0.251 e. The molecule has 2 aromatic rings. The van der Waals surface area contributed by atoms with E-state index in [-0.39, 0.29) is 11.7 Å². The van der Waals surface area contributed by atoms with Gasteiger partial charge in [-0.15, -0.1) is 0 Å². The molecule has 1 aliphatic rings. The third-order valence-electron chi connectivity index (χ3n) is 3.45. The predicted octanol–water partition coefficient (Wildman–Crippen LogP) is 3.33. The number of amides is 1. The molecule has 1 amide bonds. The largest absolute Gasteiger partial charge is 0.381 e. The Morgan fingerprint density at radius 1 is 1.14 bits per heavy atom. The van der Waals surface area contributed by atoms with Crippen molar-refractivity contribution in [2.24, 2.45) is 0 Å². The normalized spacial score (nSPS) is 13.8. The molecule has 2 aromatic carbocycles. The second kappa shape index (κ2) is 5.95. The molecule has 0 spiro atoms. The maximum Gasteiger partial charge on any atom is 0.251 e. The molecule has 0 aliphatic heterocycles. The number of benzene rings is 2. The number of halogens is 1. The van der Waals surface area contributed by atoms with E-state index in [0.29, 0.717) is 18.2 Å². The first-order valence-corrected chi connectivity index (χ1v) is 7.10. The maximum atomic E-state index is 13.1. The Bertz CT molecular complexity index is 635. The van der Waals surface area contributed by atoms with E-state index in [1.165, 1.54) is 12.1 Å². The van der Waals surface area contributed by atoms with Crippen LogP contribution < -0.4 is 10.6 Å². The van der Waals surface area contributed by atoms with E-state index < -0.39 is 0 Å². The number of rotatable bonds is 5. The standard InChI is InChI=1S/C17H17FN2O/c18-14-3-1-2-12(10-14)11-19-15-6-4-13(5-7-15)17(21)20-16-8-9-16/h1-7,10,16,19H,8-9,11H2,(H,20,21). The molecular formula is C17H17FN2O. The highest BCUT2D eigenvalue weighted by Gasteiger charge is 2.23. The molecule has 2 N–H and O–H groups in total. The van der Waals surface area contributed by atoms with E-state index in [0.717, 1.165) is 24.1 Å². The number of anilines is 1. The molecule has 0 atom stereocenters. The minimum atomic E-state index is -0.235. The van der Waals surface area contributed by atoms with Crippen LogP contribution in [0.5, 0.6) is 0 Å². The van der Waals surface area contributed by atoms with Gasteiger partial charge >= 0.3 is 0 Å². The van der Waals surface area contributed by atoms with Gasteiger partial charge in [0.05, 0.1) is 0 Å². The van der Waals surface area contributed by atoms with Crippen LogP contribution in [-0.4, -0.2) is 11.9 Å². The molecule has 0 heterocycles. The molecule has 0 unspecified atom stereocenters. The van der Waals surface area contributed by atoms with Gasteiger partial charge in [-0.3, -0.25) is 4.79 Å². The van der Waals surface area contributed by atoms with Gasteiger partial charge in [-0.2, -0.15) is 0 Å². The number of carbonyl (C=O) groups excluding carboxylic acids is 1. The topological polar surface area (TPSA) is 41.1 Å². The first-order valence-electron chi connectivity index (χ1n) is 7.10. The Morgan fingerprint density at radius 2 is 1.90 bits per heavy atom. The van der Waals surface area contributed by atoms with Crippen LogP contribution in [0.4, 0.5) is 10.1 Å². The van der Waals surface area contributed by atoms with Crippen molar-refractivity contribution in [2.45, 2.75) is 25.4 Å². The highest BCUT2D eigenvalue weighted by Crippen LogP contribution is 2.19. The van der Waals surface area contributed by atoms with Crippen LogP contribution in [0.25, 0.3) is 0 Å². The zero-order valence-electron chi connectivity index (χ0n) is 11.6. The summed E-state index contributed by atoms with van der Waals surface area (Å²) in [7, 11) is 0. The van der Waals surface area contributed by atoms with E-state index >= 15 is 0 Å². The van der Waals surface area contributed by atoms with Gasteiger partial charge in [0, 0.05) is 23.8 Å². The van der Waals surface area contributed by atoms with Crippen LogP contribution in [-0.2, 0) is 6.54 Å². The summed E-state index contributed by atoms with van der Waals surface area (Å²) in [4.78, 5) is 11.9. The SMILES string of the molecule is O=C(NC1CC1)c1ccc(NCc2cccc(F)c2)cc1. The Hall–Kier alpha value is -2.36. The van der Waals surface area contributed by atoms with Crippen molar-refractivity contribution in [1.82, 2.24) is 5.32 Å². The Labute approximate surface area is 123 Å². The maximum absolute atomic E-state index is 13.1. The summed E-state index contributed by atoms with van der Waals surface area (Å²) < 4.78 is 13.1. The molecule has 0 aromatic heterocycles. The fourth-order valence-corrected chi connectivity index (χ4v) is 2.09. The number of hydrogen-bond acceptors (Lipinski definition) is 2. The van der Waals surface area contributed by atoms with Crippen LogP contribution in [0, 0.1) is 5.82 Å². The molecule has 3 rings (SSSR count). The lowest BCUT2D eigenvalue weighted by Crippen LogP contribution is -2.25. The van der Waals surface area contributed by atoms with Crippen molar-refractivity contribution in [3.05, 3.63) is 65.5 Å². The number of hydrogen-bond donors (Lipinski definition) is 2. The van der Waals surface area contributed by atoms with Crippen LogP contribution >= 0.6 is 0 Å². The van der Waals surface area contributed by atoms with Crippen LogP contribution in [0.15, 0.2) is 48.5 Å². The summed E-state index contributed by atoms with van der Waals surface area (Å²) in [6, 6.07) is 14.2. The summed E-state index contributed by atoms with van der Waals surface area (Å²) in [5.74, 6) is -0.254. The lowest BCUT2D eigenvalue weighted by molar-refractivity contribution is 0.0951.